The molecule has 0 radical (unpaired) electrons. The zero-order chi connectivity index (χ0) is 13.1. The van der Waals surface area contributed by atoms with Gasteiger partial charge in [-0.05, 0) is 60.7 Å². The first-order valence-corrected chi connectivity index (χ1v) is 6.59. The molecule has 0 aliphatic rings. The Morgan fingerprint density at radius 1 is 1.28 bits per heavy atom. The molecule has 18 heavy (non-hydrogen) atoms. The van der Waals surface area contributed by atoms with E-state index in [0.717, 1.165) is 26.3 Å². The first kappa shape index (κ1) is 12.8. The molecule has 0 atom stereocenters. The molecule has 1 aromatic carbocycles. The zero-order valence-corrected chi connectivity index (χ0v) is 12.3. The number of nitriles is 1. The van der Waals surface area contributed by atoms with Crippen molar-refractivity contribution in [2.45, 2.75) is 13.8 Å². The highest BCUT2D eigenvalue weighted by Gasteiger charge is 2.08. The van der Waals surface area contributed by atoms with Crippen LogP contribution in [0.5, 0.6) is 0 Å². The molecule has 0 saturated carbocycles. The molecule has 0 bridgehead atoms. The zero-order valence-electron chi connectivity index (χ0n) is 10.2. The summed E-state index contributed by atoms with van der Waals surface area (Å²) in [5.41, 5.74) is 4.04. The Bertz CT molecular complexity index is 629. The van der Waals surface area contributed by atoms with Gasteiger partial charge in [0.25, 0.3) is 0 Å². The standard InChI is InChI=1S/C14H12IN3/c1-9-6-14(13(8-16)10(2)17-9)18-12-5-3-4-11(15)7-12/h3-7H,1-2H3,(H,17,18). The molecule has 1 aromatic heterocycles. The van der Waals surface area contributed by atoms with Crippen molar-refractivity contribution in [2.75, 3.05) is 5.32 Å². The normalized spacial score (nSPS) is 9.89. The van der Waals surface area contributed by atoms with E-state index in [2.05, 4.69) is 39.0 Å². The van der Waals surface area contributed by atoms with Crippen LogP contribution in [-0.2, 0) is 0 Å². The van der Waals surface area contributed by atoms with E-state index in [1.165, 1.54) is 0 Å². The maximum atomic E-state index is 9.19. The molecular formula is C14H12IN3. The fraction of sp³-hybridized carbons (Fsp3) is 0.143. The number of aromatic nitrogens is 1. The SMILES string of the molecule is Cc1cc(Nc2cccc(I)c2)c(C#N)c(C)n1. The number of hydrogen-bond donors (Lipinski definition) is 1. The largest absolute Gasteiger partial charge is 0.354 e. The van der Waals surface area contributed by atoms with Crippen molar-refractivity contribution in [3.8, 4) is 6.07 Å². The Labute approximate surface area is 120 Å². The molecule has 4 heteroatoms. The minimum Gasteiger partial charge on any atom is -0.354 e. The molecular weight excluding hydrogens is 337 g/mol. The number of benzene rings is 1. The van der Waals surface area contributed by atoms with Crippen LogP contribution in [0, 0.1) is 28.7 Å². The van der Waals surface area contributed by atoms with Gasteiger partial charge in [0, 0.05) is 15.0 Å². The van der Waals surface area contributed by atoms with Crippen molar-refractivity contribution < 1.29 is 0 Å². The third kappa shape index (κ3) is 2.79. The number of anilines is 2. The van der Waals surface area contributed by atoms with E-state index < -0.39 is 0 Å². The molecule has 90 valence electrons. The summed E-state index contributed by atoms with van der Waals surface area (Å²) in [5.74, 6) is 0. The number of aryl methyl sites for hydroxylation is 2. The van der Waals surface area contributed by atoms with Crippen LogP contribution >= 0.6 is 22.6 Å². The lowest BCUT2D eigenvalue weighted by Gasteiger charge is -2.11. The molecule has 1 N–H and O–H groups in total. The van der Waals surface area contributed by atoms with Crippen LogP contribution in [0.2, 0.25) is 0 Å². The third-order valence-electron chi connectivity index (χ3n) is 2.54. The molecule has 0 aliphatic heterocycles. The van der Waals surface area contributed by atoms with Gasteiger partial charge in [-0.15, -0.1) is 0 Å². The van der Waals surface area contributed by atoms with Crippen LogP contribution in [0.3, 0.4) is 0 Å². The van der Waals surface area contributed by atoms with Crippen LogP contribution in [0.4, 0.5) is 11.4 Å². The lowest BCUT2D eigenvalue weighted by atomic mass is 10.1. The molecule has 0 spiro atoms. The number of pyridine rings is 1. The maximum absolute atomic E-state index is 9.19. The summed E-state index contributed by atoms with van der Waals surface area (Å²) in [5, 5.41) is 12.5. The molecule has 0 unspecified atom stereocenters. The van der Waals surface area contributed by atoms with Gasteiger partial charge in [-0.1, -0.05) is 6.07 Å². The van der Waals surface area contributed by atoms with Gasteiger partial charge in [-0.2, -0.15) is 5.26 Å². The van der Waals surface area contributed by atoms with E-state index >= 15 is 0 Å². The van der Waals surface area contributed by atoms with Gasteiger partial charge < -0.3 is 5.32 Å². The number of halogens is 1. The van der Waals surface area contributed by atoms with Gasteiger partial charge in [0.1, 0.15) is 6.07 Å². The molecule has 2 aromatic rings. The Hall–Kier alpha value is -1.61. The van der Waals surface area contributed by atoms with Crippen molar-refractivity contribution in [3.05, 3.63) is 50.9 Å². The third-order valence-corrected chi connectivity index (χ3v) is 3.21. The van der Waals surface area contributed by atoms with E-state index in [4.69, 9.17) is 0 Å². The van der Waals surface area contributed by atoms with Crippen LogP contribution in [-0.4, -0.2) is 4.98 Å². The molecule has 2 rings (SSSR count). The lowest BCUT2D eigenvalue weighted by Crippen LogP contribution is -1.99. The number of rotatable bonds is 2. The van der Waals surface area contributed by atoms with Crippen molar-refractivity contribution in [2.24, 2.45) is 0 Å². The minimum absolute atomic E-state index is 0.597. The summed E-state index contributed by atoms with van der Waals surface area (Å²) in [7, 11) is 0. The summed E-state index contributed by atoms with van der Waals surface area (Å²) in [6, 6.07) is 12.1. The van der Waals surface area contributed by atoms with E-state index in [-0.39, 0.29) is 0 Å². The Morgan fingerprint density at radius 3 is 2.72 bits per heavy atom. The van der Waals surface area contributed by atoms with Crippen LogP contribution in [0.1, 0.15) is 17.0 Å². The van der Waals surface area contributed by atoms with Gasteiger partial charge in [-0.3, -0.25) is 4.98 Å². The highest BCUT2D eigenvalue weighted by Crippen LogP contribution is 2.24. The predicted molar refractivity (Wildman–Crippen MR) is 80.9 cm³/mol. The van der Waals surface area contributed by atoms with Crippen LogP contribution in [0.25, 0.3) is 0 Å². The van der Waals surface area contributed by atoms with Gasteiger partial charge >= 0.3 is 0 Å². The Morgan fingerprint density at radius 2 is 2.06 bits per heavy atom. The average Bonchev–Trinajstić information content (AvgIpc) is 2.28. The maximum Gasteiger partial charge on any atom is 0.103 e. The number of nitrogens with zero attached hydrogens (tertiary/aromatic N) is 2. The monoisotopic (exact) mass is 349 g/mol. The average molecular weight is 349 g/mol. The molecule has 0 fully saturated rings. The Balaban J connectivity index is 2.43. The second-order valence-electron chi connectivity index (χ2n) is 4.02. The van der Waals surface area contributed by atoms with Crippen molar-refractivity contribution in [1.29, 1.82) is 5.26 Å². The number of hydrogen-bond acceptors (Lipinski definition) is 3. The van der Waals surface area contributed by atoms with E-state index in [1.807, 2.05) is 44.2 Å². The Kier molecular flexibility index (Phi) is 3.82. The molecule has 0 amide bonds. The first-order chi connectivity index (χ1) is 8.60. The fourth-order valence-corrected chi connectivity index (χ4v) is 2.33. The number of nitrogens with one attached hydrogen (secondary N) is 1. The summed E-state index contributed by atoms with van der Waals surface area (Å²) < 4.78 is 1.15. The van der Waals surface area contributed by atoms with Gasteiger partial charge in [0.2, 0.25) is 0 Å². The first-order valence-electron chi connectivity index (χ1n) is 5.51. The summed E-state index contributed by atoms with van der Waals surface area (Å²) >= 11 is 2.26. The second-order valence-corrected chi connectivity index (χ2v) is 5.26. The van der Waals surface area contributed by atoms with Crippen LogP contribution in [0.15, 0.2) is 30.3 Å². The fourth-order valence-electron chi connectivity index (χ4n) is 1.79. The molecule has 3 nitrogen and oxygen atoms in total. The highest BCUT2D eigenvalue weighted by molar-refractivity contribution is 14.1. The van der Waals surface area contributed by atoms with Crippen molar-refractivity contribution >= 4 is 34.0 Å². The van der Waals surface area contributed by atoms with E-state index in [0.29, 0.717) is 5.56 Å². The second kappa shape index (κ2) is 5.36. The van der Waals surface area contributed by atoms with Crippen LogP contribution < -0.4 is 5.32 Å². The van der Waals surface area contributed by atoms with E-state index in [9.17, 15) is 5.26 Å². The molecule has 0 aliphatic carbocycles. The highest BCUT2D eigenvalue weighted by atomic mass is 127. The van der Waals surface area contributed by atoms with Gasteiger partial charge in [0.05, 0.1) is 16.9 Å². The van der Waals surface area contributed by atoms with Crippen molar-refractivity contribution in [3.63, 3.8) is 0 Å². The lowest BCUT2D eigenvalue weighted by molar-refractivity contribution is 1.11. The minimum atomic E-state index is 0.597. The predicted octanol–water partition coefficient (Wildman–Crippen LogP) is 3.92. The topological polar surface area (TPSA) is 48.7 Å². The van der Waals surface area contributed by atoms with Gasteiger partial charge in [0.15, 0.2) is 0 Å². The summed E-state index contributed by atoms with van der Waals surface area (Å²) in [6.45, 7) is 3.78. The molecule has 0 saturated heterocycles. The van der Waals surface area contributed by atoms with Crippen molar-refractivity contribution in [1.82, 2.24) is 4.98 Å². The van der Waals surface area contributed by atoms with Gasteiger partial charge in [-0.25, -0.2) is 0 Å². The molecule has 1 heterocycles. The van der Waals surface area contributed by atoms with E-state index in [1.54, 1.807) is 0 Å². The summed E-state index contributed by atoms with van der Waals surface area (Å²) in [6.07, 6.45) is 0. The smallest absolute Gasteiger partial charge is 0.103 e. The summed E-state index contributed by atoms with van der Waals surface area (Å²) in [4.78, 5) is 4.30. The quantitative estimate of drug-likeness (QED) is 0.836.